The fourth-order valence-corrected chi connectivity index (χ4v) is 2.53. The molecule has 2 aromatic rings. The van der Waals surface area contributed by atoms with Crippen LogP contribution in [-0.2, 0) is 11.3 Å². The van der Waals surface area contributed by atoms with Gasteiger partial charge in [0, 0.05) is 25.0 Å². The van der Waals surface area contributed by atoms with E-state index < -0.39 is 10.5 Å². The third-order valence-electron chi connectivity index (χ3n) is 4.10. The molecule has 0 aliphatic rings. The molecule has 0 radical (unpaired) electrons. The van der Waals surface area contributed by atoms with Crippen LogP contribution in [0.2, 0.25) is 0 Å². The fraction of sp³-hybridized carbons (Fsp3) is 0.278. The summed E-state index contributed by atoms with van der Waals surface area (Å²) in [6, 6.07) is 6.31. The number of nitriles is 1. The molecular formula is C18H18N4O5. The van der Waals surface area contributed by atoms with Crippen LogP contribution >= 0.6 is 0 Å². The maximum atomic E-state index is 12.3. The molecule has 1 heterocycles. The van der Waals surface area contributed by atoms with E-state index >= 15 is 0 Å². The van der Waals surface area contributed by atoms with Crippen molar-refractivity contribution in [3.63, 3.8) is 0 Å². The van der Waals surface area contributed by atoms with Crippen molar-refractivity contribution in [3.05, 3.63) is 60.9 Å². The van der Waals surface area contributed by atoms with E-state index in [1.165, 1.54) is 26.3 Å². The summed E-state index contributed by atoms with van der Waals surface area (Å²) in [6.07, 6.45) is 1.28. The van der Waals surface area contributed by atoms with E-state index in [2.05, 4.69) is 4.99 Å². The summed E-state index contributed by atoms with van der Waals surface area (Å²) in [5, 5.41) is 30.8. The van der Waals surface area contributed by atoms with Gasteiger partial charge in [0.1, 0.15) is 11.6 Å². The Morgan fingerprint density at radius 2 is 2.15 bits per heavy atom. The van der Waals surface area contributed by atoms with Gasteiger partial charge in [-0.3, -0.25) is 24.5 Å². The number of aromatic hydroxyl groups is 1. The lowest BCUT2D eigenvalue weighted by Gasteiger charge is -2.13. The van der Waals surface area contributed by atoms with E-state index in [1.807, 2.05) is 6.07 Å². The average molecular weight is 370 g/mol. The highest BCUT2D eigenvalue weighted by Gasteiger charge is 2.18. The SMILES string of the molecule is COCCn1c(O)c(C=Nc2ccc(C)c([N+](=O)[O-])c2)c(C)c(C#N)c1=O. The summed E-state index contributed by atoms with van der Waals surface area (Å²) >= 11 is 0. The monoisotopic (exact) mass is 370 g/mol. The number of ether oxygens (including phenoxy) is 1. The van der Waals surface area contributed by atoms with Crippen molar-refractivity contribution in [3.8, 4) is 11.9 Å². The third kappa shape index (κ3) is 4.02. The molecule has 27 heavy (non-hydrogen) atoms. The molecule has 0 unspecified atom stereocenters. The maximum absolute atomic E-state index is 12.3. The molecule has 0 fully saturated rings. The summed E-state index contributed by atoms with van der Waals surface area (Å²) in [7, 11) is 1.45. The molecule has 0 aliphatic carbocycles. The number of rotatable bonds is 6. The molecule has 9 nitrogen and oxygen atoms in total. The Labute approximate surface area is 154 Å². The molecule has 0 atom stereocenters. The van der Waals surface area contributed by atoms with Crippen molar-refractivity contribution < 1.29 is 14.8 Å². The summed E-state index contributed by atoms with van der Waals surface area (Å²) in [5.41, 5.74) is 0.461. The second-order valence-corrected chi connectivity index (χ2v) is 5.78. The maximum Gasteiger partial charge on any atom is 0.274 e. The van der Waals surface area contributed by atoms with Crippen molar-refractivity contribution in [2.75, 3.05) is 13.7 Å². The molecule has 2 rings (SSSR count). The average Bonchev–Trinajstić information content (AvgIpc) is 2.63. The lowest BCUT2D eigenvalue weighted by atomic mass is 10.1. The zero-order valence-electron chi connectivity index (χ0n) is 15.1. The van der Waals surface area contributed by atoms with Gasteiger partial charge in [0.05, 0.1) is 29.3 Å². The van der Waals surface area contributed by atoms with Gasteiger partial charge >= 0.3 is 0 Å². The summed E-state index contributed by atoms with van der Waals surface area (Å²) in [6.45, 7) is 3.38. The predicted molar refractivity (Wildman–Crippen MR) is 98.8 cm³/mol. The highest BCUT2D eigenvalue weighted by molar-refractivity contribution is 5.87. The summed E-state index contributed by atoms with van der Waals surface area (Å²) < 4.78 is 5.96. The molecular weight excluding hydrogens is 352 g/mol. The van der Waals surface area contributed by atoms with E-state index in [9.17, 15) is 25.3 Å². The third-order valence-corrected chi connectivity index (χ3v) is 4.10. The molecule has 0 amide bonds. The minimum Gasteiger partial charge on any atom is -0.494 e. The van der Waals surface area contributed by atoms with Crippen molar-refractivity contribution in [2.24, 2.45) is 4.99 Å². The van der Waals surface area contributed by atoms with E-state index in [-0.39, 0.29) is 41.4 Å². The summed E-state index contributed by atoms with van der Waals surface area (Å²) in [4.78, 5) is 27.0. The number of nitro groups is 1. The molecule has 0 saturated carbocycles. The van der Waals surface area contributed by atoms with E-state index in [1.54, 1.807) is 19.1 Å². The number of pyridine rings is 1. The Morgan fingerprint density at radius 3 is 2.74 bits per heavy atom. The number of aryl methyl sites for hydroxylation is 1. The number of hydrogen-bond acceptors (Lipinski definition) is 7. The first-order valence-corrected chi connectivity index (χ1v) is 7.96. The highest BCUT2D eigenvalue weighted by Crippen LogP contribution is 2.25. The zero-order valence-corrected chi connectivity index (χ0v) is 15.1. The minimum atomic E-state index is -0.618. The number of benzene rings is 1. The quantitative estimate of drug-likeness (QED) is 0.472. The highest BCUT2D eigenvalue weighted by atomic mass is 16.6. The van der Waals surface area contributed by atoms with E-state index in [0.717, 1.165) is 4.57 Å². The molecule has 140 valence electrons. The number of hydrogen-bond donors (Lipinski definition) is 1. The Balaban J connectivity index is 2.57. The Hall–Kier alpha value is -3.51. The van der Waals surface area contributed by atoms with Crippen LogP contribution in [-0.4, -0.2) is 34.5 Å². The van der Waals surface area contributed by atoms with Gasteiger partial charge in [0.2, 0.25) is 5.88 Å². The van der Waals surface area contributed by atoms with Crippen LogP contribution in [0.3, 0.4) is 0 Å². The van der Waals surface area contributed by atoms with Gasteiger partial charge in [-0.25, -0.2) is 0 Å². The van der Waals surface area contributed by atoms with Crippen molar-refractivity contribution in [2.45, 2.75) is 20.4 Å². The lowest BCUT2D eigenvalue weighted by molar-refractivity contribution is -0.385. The van der Waals surface area contributed by atoms with Crippen LogP contribution < -0.4 is 5.56 Å². The summed E-state index contributed by atoms with van der Waals surface area (Å²) in [5.74, 6) is -0.348. The predicted octanol–water partition coefficient (Wildman–Crippen LogP) is 2.35. The molecule has 9 heteroatoms. The molecule has 1 aromatic carbocycles. The van der Waals surface area contributed by atoms with Gasteiger partial charge in [-0.15, -0.1) is 0 Å². The Morgan fingerprint density at radius 1 is 1.44 bits per heavy atom. The molecule has 0 saturated heterocycles. The number of aliphatic imine (C=N–C) groups is 1. The number of methoxy groups -OCH3 is 1. The first kappa shape index (κ1) is 19.8. The van der Waals surface area contributed by atoms with Gasteiger partial charge in [-0.2, -0.15) is 5.26 Å². The van der Waals surface area contributed by atoms with Crippen LogP contribution in [0, 0.1) is 35.3 Å². The van der Waals surface area contributed by atoms with E-state index in [0.29, 0.717) is 11.3 Å². The van der Waals surface area contributed by atoms with Gasteiger partial charge in [-0.05, 0) is 25.5 Å². The minimum absolute atomic E-state index is 0.0625. The van der Waals surface area contributed by atoms with Crippen LogP contribution in [0.5, 0.6) is 5.88 Å². The lowest BCUT2D eigenvalue weighted by Crippen LogP contribution is -2.26. The Kier molecular flexibility index (Phi) is 6.05. The molecule has 1 aromatic heterocycles. The normalized spacial score (nSPS) is 10.9. The largest absolute Gasteiger partial charge is 0.494 e. The standard InChI is InChI=1S/C18H18N4O5/c1-11-4-5-13(8-16(11)22(25)26)20-10-15-12(2)14(9-19)17(23)21(18(15)24)6-7-27-3/h4-5,8,10,24H,6-7H2,1-3H3. The van der Waals surface area contributed by atoms with Crippen LogP contribution in [0.1, 0.15) is 22.3 Å². The van der Waals surface area contributed by atoms with Crippen LogP contribution in [0.4, 0.5) is 11.4 Å². The van der Waals surface area contributed by atoms with Gasteiger partial charge in [-0.1, -0.05) is 6.07 Å². The number of nitrogens with zero attached hydrogens (tertiary/aromatic N) is 4. The second-order valence-electron chi connectivity index (χ2n) is 5.78. The molecule has 0 bridgehead atoms. The fourth-order valence-electron chi connectivity index (χ4n) is 2.53. The van der Waals surface area contributed by atoms with Crippen molar-refractivity contribution >= 4 is 17.6 Å². The van der Waals surface area contributed by atoms with Crippen LogP contribution in [0.15, 0.2) is 28.0 Å². The second kappa shape index (κ2) is 8.25. The van der Waals surface area contributed by atoms with Gasteiger partial charge < -0.3 is 9.84 Å². The number of nitro benzene ring substituents is 1. The topological polar surface area (TPSA) is 131 Å². The molecule has 1 N–H and O–H groups in total. The molecule has 0 spiro atoms. The first-order valence-electron chi connectivity index (χ1n) is 7.96. The number of aromatic nitrogens is 1. The van der Waals surface area contributed by atoms with Crippen molar-refractivity contribution in [1.82, 2.24) is 4.57 Å². The first-order chi connectivity index (χ1) is 12.8. The van der Waals surface area contributed by atoms with Gasteiger partial charge in [0.25, 0.3) is 11.2 Å². The molecule has 0 aliphatic heterocycles. The Bertz CT molecular complexity index is 1020. The van der Waals surface area contributed by atoms with Gasteiger partial charge in [0.15, 0.2) is 0 Å². The van der Waals surface area contributed by atoms with Crippen LogP contribution in [0.25, 0.3) is 0 Å². The van der Waals surface area contributed by atoms with E-state index in [4.69, 9.17) is 4.74 Å². The zero-order chi connectivity index (χ0) is 20.1. The smallest absolute Gasteiger partial charge is 0.274 e. The van der Waals surface area contributed by atoms with Crippen molar-refractivity contribution in [1.29, 1.82) is 5.26 Å².